The van der Waals surface area contributed by atoms with Crippen molar-refractivity contribution in [2.75, 3.05) is 26.2 Å². The minimum Gasteiger partial charge on any atom is -0.337 e. The average molecular weight is 472 g/mol. The number of carbonyl (C=O) groups excluding carboxylic acids is 1. The third kappa shape index (κ3) is 5.35. The van der Waals surface area contributed by atoms with Crippen molar-refractivity contribution in [1.82, 2.24) is 24.9 Å². The fraction of sp³-hybridized carbons (Fsp3) is 0.231. The van der Waals surface area contributed by atoms with Gasteiger partial charge in [-0.15, -0.1) is 0 Å². The van der Waals surface area contributed by atoms with E-state index in [2.05, 4.69) is 20.0 Å². The van der Waals surface area contributed by atoms with Gasteiger partial charge in [-0.2, -0.15) is 4.98 Å². The van der Waals surface area contributed by atoms with Gasteiger partial charge in [0.2, 0.25) is 0 Å². The first-order valence-corrected chi connectivity index (χ1v) is 12.2. The maximum absolute atomic E-state index is 13.4. The second-order valence-corrected chi connectivity index (χ2v) is 9.14. The van der Waals surface area contributed by atoms with Crippen LogP contribution in [-0.4, -0.2) is 57.0 Å². The number of hydrogen-bond acceptors (Lipinski definition) is 7. The molecule has 172 valence electrons. The van der Waals surface area contributed by atoms with E-state index >= 15 is 0 Å². The summed E-state index contributed by atoms with van der Waals surface area (Å²) in [5, 5.41) is 4.89. The predicted octanol–water partition coefficient (Wildman–Crippen LogP) is 4.63. The Morgan fingerprint density at radius 1 is 0.912 bits per heavy atom. The lowest BCUT2D eigenvalue weighted by molar-refractivity contribution is 0.0756. The predicted molar refractivity (Wildman–Crippen MR) is 130 cm³/mol. The molecule has 0 atom stereocenters. The Kier molecular flexibility index (Phi) is 6.97. The van der Waals surface area contributed by atoms with Crippen molar-refractivity contribution < 1.29 is 9.32 Å². The molecule has 2 aromatic heterocycles. The Morgan fingerprint density at radius 2 is 1.71 bits per heavy atom. The zero-order chi connectivity index (χ0) is 23.2. The van der Waals surface area contributed by atoms with Crippen LogP contribution in [0.4, 0.5) is 0 Å². The van der Waals surface area contributed by atoms with Crippen molar-refractivity contribution >= 4 is 17.7 Å². The van der Waals surface area contributed by atoms with E-state index < -0.39 is 0 Å². The molecule has 0 spiro atoms. The lowest BCUT2D eigenvalue weighted by Gasteiger charge is -2.22. The number of rotatable bonds is 6. The molecular formula is C26H25N5O2S. The molecule has 4 aromatic rings. The third-order valence-corrected chi connectivity index (χ3v) is 6.72. The summed E-state index contributed by atoms with van der Waals surface area (Å²) >= 11 is 1.52. The molecule has 1 amide bonds. The van der Waals surface area contributed by atoms with E-state index in [4.69, 9.17) is 4.52 Å². The second kappa shape index (κ2) is 10.6. The van der Waals surface area contributed by atoms with Crippen LogP contribution in [0.1, 0.15) is 22.6 Å². The van der Waals surface area contributed by atoms with E-state index in [9.17, 15) is 4.79 Å². The second-order valence-electron chi connectivity index (χ2n) is 8.07. The Balaban J connectivity index is 1.22. The van der Waals surface area contributed by atoms with Gasteiger partial charge in [0.05, 0.1) is 12.1 Å². The van der Waals surface area contributed by atoms with E-state index in [1.54, 1.807) is 6.20 Å². The molecule has 2 aromatic carbocycles. The Hall–Kier alpha value is -3.49. The summed E-state index contributed by atoms with van der Waals surface area (Å²) in [6.07, 6.45) is 2.62. The maximum Gasteiger partial charge on any atom is 0.257 e. The minimum atomic E-state index is 0.0271. The van der Waals surface area contributed by atoms with Crippen molar-refractivity contribution in [2.45, 2.75) is 22.9 Å². The smallest absolute Gasteiger partial charge is 0.257 e. The highest BCUT2D eigenvalue weighted by molar-refractivity contribution is 7.99. The van der Waals surface area contributed by atoms with Crippen LogP contribution in [-0.2, 0) is 6.54 Å². The van der Waals surface area contributed by atoms with Crippen LogP contribution in [0, 0.1) is 0 Å². The van der Waals surface area contributed by atoms with Crippen molar-refractivity contribution in [1.29, 1.82) is 0 Å². The summed E-state index contributed by atoms with van der Waals surface area (Å²) in [5.41, 5.74) is 1.56. The molecule has 34 heavy (non-hydrogen) atoms. The Morgan fingerprint density at radius 3 is 2.53 bits per heavy atom. The normalized spacial score (nSPS) is 14.6. The molecule has 5 rings (SSSR count). The fourth-order valence-electron chi connectivity index (χ4n) is 3.95. The van der Waals surface area contributed by atoms with Crippen LogP contribution in [0.15, 0.2) is 93.4 Å². The topological polar surface area (TPSA) is 75.4 Å². The van der Waals surface area contributed by atoms with Crippen LogP contribution in [0.25, 0.3) is 11.5 Å². The van der Waals surface area contributed by atoms with Gasteiger partial charge >= 0.3 is 0 Å². The molecule has 7 nitrogen and oxygen atoms in total. The number of nitrogens with zero attached hydrogens (tertiary/aromatic N) is 5. The average Bonchev–Trinajstić information content (AvgIpc) is 3.23. The van der Waals surface area contributed by atoms with Crippen molar-refractivity contribution in [2.24, 2.45) is 0 Å². The van der Waals surface area contributed by atoms with Crippen LogP contribution in [0.5, 0.6) is 0 Å². The molecule has 1 saturated heterocycles. The van der Waals surface area contributed by atoms with Gasteiger partial charge in [0.25, 0.3) is 11.8 Å². The molecule has 1 aliphatic rings. The number of pyridine rings is 1. The van der Waals surface area contributed by atoms with E-state index in [0.29, 0.717) is 36.9 Å². The highest BCUT2D eigenvalue weighted by Gasteiger charge is 2.24. The largest absolute Gasteiger partial charge is 0.337 e. The van der Waals surface area contributed by atoms with E-state index in [-0.39, 0.29) is 5.91 Å². The molecule has 1 fully saturated rings. The highest BCUT2D eigenvalue weighted by Crippen LogP contribution is 2.29. The Labute approximate surface area is 202 Å². The molecule has 0 saturated carbocycles. The summed E-state index contributed by atoms with van der Waals surface area (Å²) < 4.78 is 5.44. The number of amides is 1. The summed E-state index contributed by atoms with van der Waals surface area (Å²) in [5.74, 6) is 1.22. The van der Waals surface area contributed by atoms with Gasteiger partial charge in [0.1, 0.15) is 5.03 Å². The van der Waals surface area contributed by atoms with Crippen molar-refractivity contribution in [3.05, 3.63) is 90.4 Å². The summed E-state index contributed by atoms with van der Waals surface area (Å²) in [7, 11) is 0. The van der Waals surface area contributed by atoms with Crippen molar-refractivity contribution in [3.63, 3.8) is 0 Å². The number of aromatic nitrogens is 3. The molecular weight excluding hydrogens is 446 g/mol. The number of benzene rings is 2. The Bertz CT molecular complexity index is 1230. The van der Waals surface area contributed by atoms with Gasteiger partial charge in [0.15, 0.2) is 5.82 Å². The first-order chi connectivity index (χ1) is 16.8. The monoisotopic (exact) mass is 471 g/mol. The van der Waals surface area contributed by atoms with Gasteiger partial charge in [0, 0.05) is 42.8 Å². The lowest BCUT2D eigenvalue weighted by Crippen LogP contribution is -2.35. The van der Waals surface area contributed by atoms with Gasteiger partial charge < -0.3 is 9.42 Å². The molecule has 0 bridgehead atoms. The SMILES string of the molecule is O=C(c1cccnc1Sc1ccccc1)N1CCCN(Cc2noc(-c3ccccc3)n2)CC1. The van der Waals surface area contributed by atoms with E-state index in [1.807, 2.05) is 77.7 Å². The zero-order valence-corrected chi connectivity index (χ0v) is 19.5. The summed E-state index contributed by atoms with van der Waals surface area (Å²) in [6.45, 7) is 3.58. The van der Waals surface area contributed by atoms with E-state index in [0.717, 1.165) is 35.0 Å². The molecule has 8 heteroatoms. The van der Waals surface area contributed by atoms with Gasteiger partial charge in [-0.3, -0.25) is 9.69 Å². The minimum absolute atomic E-state index is 0.0271. The first kappa shape index (κ1) is 22.3. The molecule has 1 aliphatic heterocycles. The molecule has 0 aliphatic carbocycles. The maximum atomic E-state index is 13.4. The van der Waals surface area contributed by atoms with Gasteiger partial charge in [-0.25, -0.2) is 4.98 Å². The third-order valence-electron chi connectivity index (χ3n) is 5.69. The number of hydrogen-bond donors (Lipinski definition) is 0. The quantitative estimate of drug-likeness (QED) is 0.406. The molecule has 0 N–H and O–H groups in total. The number of carbonyl (C=O) groups is 1. The van der Waals surface area contributed by atoms with Gasteiger partial charge in [-0.1, -0.05) is 53.3 Å². The molecule has 0 radical (unpaired) electrons. The van der Waals surface area contributed by atoms with E-state index in [1.165, 1.54) is 11.8 Å². The summed E-state index contributed by atoms with van der Waals surface area (Å²) in [6, 6.07) is 23.5. The van der Waals surface area contributed by atoms with Crippen LogP contribution >= 0.6 is 11.8 Å². The summed E-state index contributed by atoms with van der Waals surface area (Å²) in [4.78, 5) is 27.7. The van der Waals surface area contributed by atoms with Crippen LogP contribution in [0.2, 0.25) is 0 Å². The first-order valence-electron chi connectivity index (χ1n) is 11.3. The highest BCUT2D eigenvalue weighted by atomic mass is 32.2. The molecule has 3 heterocycles. The van der Waals surface area contributed by atoms with Crippen molar-refractivity contribution in [3.8, 4) is 11.5 Å². The van der Waals surface area contributed by atoms with Crippen LogP contribution in [0.3, 0.4) is 0 Å². The fourth-order valence-corrected chi connectivity index (χ4v) is 4.85. The van der Waals surface area contributed by atoms with Crippen LogP contribution < -0.4 is 0 Å². The zero-order valence-electron chi connectivity index (χ0n) is 18.7. The molecule has 0 unspecified atom stereocenters. The standard InChI is InChI=1S/C26H25N5O2S/c32-26(22-13-7-14-27-25(22)34-21-11-5-2-6-12-21)31-16-8-15-30(17-18-31)19-23-28-24(33-29-23)20-9-3-1-4-10-20/h1-7,9-14H,8,15-19H2. The lowest BCUT2D eigenvalue weighted by atomic mass is 10.2. The van der Waals surface area contributed by atoms with Gasteiger partial charge in [-0.05, 0) is 42.8 Å².